The number of hydrogen-bond donors (Lipinski definition) is 0. The van der Waals surface area contributed by atoms with Gasteiger partial charge in [-0.25, -0.2) is 0 Å². The van der Waals surface area contributed by atoms with E-state index in [0.717, 1.165) is 17.7 Å². The van der Waals surface area contributed by atoms with Gasteiger partial charge in [0.15, 0.2) is 0 Å². The molecular formula is C15H20O3. The highest BCUT2D eigenvalue weighted by Gasteiger charge is 2.28. The number of ketones is 1. The van der Waals surface area contributed by atoms with Gasteiger partial charge in [-0.2, -0.15) is 0 Å². The molecular weight excluding hydrogens is 228 g/mol. The van der Waals surface area contributed by atoms with E-state index < -0.39 is 0 Å². The fraction of sp³-hybridized carbons (Fsp3) is 0.533. The van der Waals surface area contributed by atoms with Crippen LogP contribution in [-0.4, -0.2) is 26.1 Å². The Labute approximate surface area is 108 Å². The summed E-state index contributed by atoms with van der Waals surface area (Å²) in [6.07, 6.45) is 1.30. The average molecular weight is 248 g/mol. The van der Waals surface area contributed by atoms with E-state index in [1.54, 1.807) is 7.11 Å². The molecule has 1 aromatic rings. The van der Waals surface area contributed by atoms with Crippen LogP contribution in [0, 0.1) is 11.8 Å². The molecule has 1 aliphatic rings. The van der Waals surface area contributed by atoms with Gasteiger partial charge in [0.2, 0.25) is 0 Å². The Morgan fingerprint density at radius 2 is 2.22 bits per heavy atom. The van der Waals surface area contributed by atoms with Gasteiger partial charge in [0.05, 0.1) is 7.11 Å². The Morgan fingerprint density at radius 1 is 1.44 bits per heavy atom. The Kier molecular flexibility index (Phi) is 4.37. The standard InChI is InChI=1S/C15H20O3/c1-11-10-18-8-7-13(11)14(16)9-12-5-3-4-6-15(12)17-2/h3-6,11,13H,7-10H2,1-2H3. The highest BCUT2D eigenvalue weighted by molar-refractivity contribution is 5.84. The number of rotatable bonds is 4. The van der Waals surface area contributed by atoms with Gasteiger partial charge in [0.25, 0.3) is 0 Å². The lowest BCUT2D eigenvalue weighted by molar-refractivity contribution is -0.127. The molecule has 1 fully saturated rings. The maximum absolute atomic E-state index is 12.3. The molecule has 0 bridgehead atoms. The zero-order valence-electron chi connectivity index (χ0n) is 11.0. The van der Waals surface area contributed by atoms with Crippen LogP contribution in [0.4, 0.5) is 0 Å². The first-order valence-corrected chi connectivity index (χ1v) is 6.44. The lowest BCUT2D eigenvalue weighted by Crippen LogP contribution is -2.32. The molecule has 0 amide bonds. The van der Waals surface area contributed by atoms with Gasteiger partial charge in [-0.15, -0.1) is 0 Å². The van der Waals surface area contributed by atoms with Crippen molar-refractivity contribution < 1.29 is 14.3 Å². The Morgan fingerprint density at radius 3 is 2.94 bits per heavy atom. The van der Waals surface area contributed by atoms with Crippen LogP contribution < -0.4 is 4.74 Å². The summed E-state index contributed by atoms with van der Waals surface area (Å²) in [5, 5.41) is 0. The normalized spacial score (nSPS) is 23.7. The molecule has 1 heterocycles. The van der Waals surface area contributed by atoms with Crippen LogP contribution in [0.25, 0.3) is 0 Å². The quantitative estimate of drug-likeness (QED) is 0.821. The molecule has 0 aliphatic carbocycles. The fourth-order valence-corrected chi connectivity index (χ4v) is 2.53. The topological polar surface area (TPSA) is 35.5 Å². The SMILES string of the molecule is COc1ccccc1CC(=O)C1CCOCC1C. The molecule has 1 aliphatic heterocycles. The van der Waals surface area contributed by atoms with E-state index in [2.05, 4.69) is 6.92 Å². The zero-order valence-corrected chi connectivity index (χ0v) is 11.0. The minimum Gasteiger partial charge on any atom is -0.496 e. The van der Waals surface area contributed by atoms with Crippen molar-refractivity contribution in [2.45, 2.75) is 19.8 Å². The van der Waals surface area contributed by atoms with Gasteiger partial charge in [0, 0.05) is 31.1 Å². The van der Waals surface area contributed by atoms with Crippen LogP contribution in [0.5, 0.6) is 5.75 Å². The Balaban J connectivity index is 2.06. The van der Waals surface area contributed by atoms with Crippen molar-refractivity contribution in [1.29, 1.82) is 0 Å². The third kappa shape index (κ3) is 2.91. The van der Waals surface area contributed by atoms with Crippen LogP contribution in [0.1, 0.15) is 18.9 Å². The molecule has 2 rings (SSSR count). The minimum absolute atomic E-state index is 0.128. The van der Waals surface area contributed by atoms with E-state index >= 15 is 0 Å². The minimum atomic E-state index is 0.128. The summed E-state index contributed by atoms with van der Waals surface area (Å²) in [6.45, 7) is 3.49. The van der Waals surface area contributed by atoms with E-state index in [9.17, 15) is 4.79 Å². The van der Waals surface area contributed by atoms with E-state index in [1.807, 2.05) is 24.3 Å². The number of ether oxygens (including phenoxy) is 2. The molecule has 0 radical (unpaired) electrons. The molecule has 0 spiro atoms. The lowest BCUT2D eigenvalue weighted by Gasteiger charge is -2.27. The van der Waals surface area contributed by atoms with Crippen LogP contribution in [0.15, 0.2) is 24.3 Å². The highest BCUT2D eigenvalue weighted by Crippen LogP contribution is 2.26. The van der Waals surface area contributed by atoms with Gasteiger partial charge in [0.1, 0.15) is 11.5 Å². The summed E-state index contributed by atoms with van der Waals surface area (Å²) in [7, 11) is 1.64. The van der Waals surface area contributed by atoms with Crippen molar-refractivity contribution in [3.05, 3.63) is 29.8 Å². The van der Waals surface area contributed by atoms with Crippen molar-refractivity contribution in [3.63, 3.8) is 0 Å². The van der Waals surface area contributed by atoms with Gasteiger partial charge >= 0.3 is 0 Å². The second-order valence-corrected chi connectivity index (χ2v) is 4.90. The van der Waals surface area contributed by atoms with Crippen molar-refractivity contribution >= 4 is 5.78 Å². The molecule has 0 saturated carbocycles. The Hall–Kier alpha value is -1.35. The number of carbonyl (C=O) groups excluding carboxylic acids is 1. The van der Waals surface area contributed by atoms with E-state index in [4.69, 9.17) is 9.47 Å². The van der Waals surface area contributed by atoms with Crippen molar-refractivity contribution in [2.24, 2.45) is 11.8 Å². The van der Waals surface area contributed by atoms with Crippen LogP contribution >= 0.6 is 0 Å². The maximum Gasteiger partial charge on any atom is 0.140 e. The smallest absolute Gasteiger partial charge is 0.140 e. The van der Waals surface area contributed by atoms with E-state index in [-0.39, 0.29) is 5.92 Å². The van der Waals surface area contributed by atoms with Gasteiger partial charge in [-0.05, 0) is 18.4 Å². The Bertz CT molecular complexity index is 414. The predicted molar refractivity (Wildman–Crippen MR) is 69.8 cm³/mol. The monoisotopic (exact) mass is 248 g/mol. The van der Waals surface area contributed by atoms with Crippen LogP contribution in [0.2, 0.25) is 0 Å². The molecule has 0 N–H and O–H groups in total. The second kappa shape index (κ2) is 6.01. The van der Waals surface area contributed by atoms with E-state index in [1.165, 1.54) is 0 Å². The summed E-state index contributed by atoms with van der Waals surface area (Å²) in [5.41, 5.74) is 0.976. The van der Waals surface area contributed by atoms with Gasteiger partial charge < -0.3 is 9.47 Å². The summed E-state index contributed by atoms with van der Waals surface area (Å²) < 4.78 is 10.7. The number of carbonyl (C=O) groups is 1. The molecule has 2 unspecified atom stereocenters. The third-order valence-corrected chi connectivity index (χ3v) is 3.61. The van der Waals surface area contributed by atoms with Crippen molar-refractivity contribution in [3.8, 4) is 5.75 Å². The van der Waals surface area contributed by atoms with Crippen LogP contribution in [-0.2, 0) is 16.0 Å². The predicted octanol–water partition coefficient (Wildman–Crippen LogP) is 2.48. The van der Waals surface area contributed by atoms with Gasteiger partial charge in [-0.1, -0.05) is 25.1 Å². The first-order valence-electron chi connectivity index (χ1n) is 6.44. The number of para-hydroxylation sites is 1. The zero-order chi connectivity index (χ0) is 13.0. The molecule has 1 saturated heterocycles. The number of Topliss-reactive ketones (excluding diaryl/α,β-unsaturated/α-hetero) is 1. The largest absolute Gasteiger partial charge is 0.496 e. The first kappa shape index (κ1) is 13.1. The fourth-order valence-electron chi connectivity index (χ4n) is 2.53. The molecule has 1 aromatic carbocycles. The molecule has 2 atom stereocenters. The molecule has 3 heteroatoms. The van der Waals surface area contributed by atoms with Crippen molar-refractivity contribution in [1.82, 2.24) is 0 Å². The molecule has 98 valence electrons. The summed E-state index contributed by atoms with van der Waals surface area (Å²) in [4.78, 5) is 12.3. The number of hydrogen-bond acceptors (Lipinski definition) is 3. The summed E-state index contributed by atoms with van der Waals surface area (Å²) in [5.74, 6) is 1.55. The maximum atomic E-state index is 12.3. The summed E-state index contributed by atoms with van der Waals surface area (Å²) in [6, 6.07) is 7.72. The number of benzene rings is 1. The molecule has 3 nitrogen and oxygen atoms in total. The second-order valence-electron chi connectivity index (χ2n) is 4.90. The summed E-state index contributed by atoms with van der Waals surface area (Å²) >= 11 is 0. The third-order valence-electron chi connectivity index (χ3n) is 3.61. The first-order chi connectivity index (χ1) is 8.72. The molecule has 18 heavy (non-hydrogen) atoms. The van der Waals surface area contributed by atoms with E-state index in [0.29, 0.717) is 31.3 Å². The van der Waals surface area contributed by atoms with Crippen molar-refractivity contribution in [2.75, 3.05) is 20.3 Å². The highest BCUT2D eigenvalue weighted by atomic mass is 16.5. The van der Waals surface area contributed by atoms with Crippen LogP contribution in [0.3, 0.4) is 0 Å². The average Bonchev–Trinajstić information content (AvgIpc) is 2.39. The lowest BCUT2D eigenvalue weighted by atomic mass is 9.84. The van der Waals surface area contributed by atoms with Gasteiger partial charge in [-0.3, -0.25) is 4.79 Å². The number of methoxy groups -OCH3 is 1. The molecule has 0 aromatic heterocycles.